The number of aromatic nitrogens is 2. The molecule has 1 aliphatic heterocycles. The molecular formula is C34H31BN2O2. The van der Waals surface area contributed by atoms with Crippen LogP contribution in [0.4, 0.5) is 0 Å². The fourth-order valence-electron chi connectivity index (χ4n) is 4.77. The van der Waals surface area contributed by atoms with Crippen LogP contribution < -0.4 is 5.46 Å². The molecule has 1 fully saturated rings. The Morgan fingerprint density at radius 3 is 1.62 bits per heavy atom. The van der Waals surface area contributed by atoms with Gasteiger partial charge in [-0.1, -0.05) is 103 Å². The van der Waals surface area contributed by atoms with E-state index in [1.165, 1.54) is 0 Å². The van der Waals surface area contributed by atoms with Gasteiger partial charge in [0.1, 0.15) is 0 Å². The molecule has 192 valence electrons. The topological polar surface area (TPSA) is 44.2 Å². The molecule has 4 nitrogen and oxygen atoms in total. The van der Waals surface area contributed by atoms with Gasteiger partial charge in [-0.2, -0.15) is 0 Å². The van der Waals surface area contributed by atoms with Gasteiger partial charge in [-0.15, -0.1) is 0 Å². The third-order valence-corrected chi connectivity index (χ3v) is 7.73. The predicted molar refractivity (Wildman–Crippen MR) is 159 cm³/mol. The van der Waals surface area contributed by atoms with Gasteiger partial charge in [0, 0.05) is 16.7 Å². The molecule has 0 unspecified atom stereocenters. The average molecular weight is 510 g/mol. The van der Waals surface area contributed by atoms with Gasteiger partial charge >= 0.3 is 7.12 Å². The summed E-state index contributed by atoms with van der Waals surface area (Å²) in [6.45, 7) is 8.32. The normalized spacial score (nSPS) is 15.8. The van der Waals surface area contributed by atoms with E-state index >= 15 is 0 Å². The first-order chi connectivity index (χ1) is 18.8. The minimum absolute atomic E-state index is 0.381. The van der Waals surface area contributed by atoms with Crippen molar-refractivity contribution in [2.45, 2.75) is 38.9 Å². The molecule has 5 aromatic rings. The number of nitrogens with zero attached hydrogens (tertiary/aromatic N) is 2. The Labute approximate surface area is 230 Å². The van der Waals surface area contributed by atoms with Crippen LogP contribution in [0.2, 0.25) is 0 Å². The van der Waals surface area contributed by atoms with Crippen LogP contribution in [0.25, 0.3) is 45.0 Å². The third kappa shape index (κ3) is 5.03. The van der Waals surface area contributed by atoms with E-state index < -0.39 is 7.12 Å². The lowest BCUT2D eigenvalue weighted by molar-refractivity contribution is 0.00578. The van der Waals surface area contributed by atoms with E-state index in [4.69, 9.17) is 19.3 Å². The zero-order valence-corrected chi connectivity index (χ0v) is 22.8. The van der Waals surface area contributed by atoms with Crippen molar-refractivity contribution in [1.82, 2.24) is 9.97 Å². The zero-order chi connectivity index (χ0) is 27.0. The van der Waals surface area contributed by atoms with Crippen molar-refractivity contribution < 1.29 is 9.31 Å². The summed E-state index contributed by atoms with van der Waals surface area (Å²) in [5.74, 6) is 0.708. The van der Waals surface area contributed by atoms with E-state index in [0.29, 0.717) is 5.82 Å². The fraction of sp³-hybridized carbons (Fsp3) is 0.176. The van der Waals surface area contributed by atoms with Crippen molar-refractivity contribution >= 4 is 12.6 Å². The zero-order valence-electron chi connectivity index (χ0n) is 22.8. The van der Waals surface area contributed by atoms with Crippen LogP contribution in [0.1, 0.15) is 27.7 Å². The standard InChI is InChI=1S/C34H31BN2O2/c1-33(2)34(3,4)39-35(38-33)29-20-12-18-27(22-29)26-17-11-19-28(21-26)31-23-30(24-13-7-5-8-14-24)36-32(37-31)25-15-9-6-10-16-25/h5-23H,1-4H3. The molecule has 0 bridgehead atoms. The van der Waals surface area contributed by atoms with Gasteiger partial charge in [0.2, 0.25) is 0 Å². The molecule has 1 aromatic heterocycles. The molecule has 0 saturated carbocycles. The van der Waals surface area contributed by atoms with Crippen molar-refractivity contribution in [3.8, 4) is 45.0 Å². The lowest BCUT2D eigenvalue weighted by Crippen LogP contribution is -2.41. The fourth-order valence-corrected chi connectivity index (χ4v) is 4.77. The highest BCUT2D eigenvalue weighted by Gasteiger charge is 2.51. The number of hydrogen-bond acceptors (Lipinski definition) is 4. The van der Waals surface area contributed by atoms with Crippen molar-refractivity contribution in [2.24, 2.45) is 0 Å². The Balaban J connectivity index is 1.39. The summed E-state index contributed by atoms with van der Waals surface area (Å²) in [6, 6.07) is 39.4. The lowest BCUT2D eigenvalue weighted by atomic mass is 9.78. The second-order valence-corrected chi connectivity index (χ2v) is 11.0. The summed E-state index contributed by atoms with van der Waals surface area (Å²) >= 11 is 0. The van der Waals surface area contributed by atoms with Gasteiger partial charge in [-0.3, -0.25) is 0 Å². The molecule has 0 radical (unpaired) electrons. The second kappa shape index (κ2) is 9.92. The quantitative estimate of drug-likeness (QED) is 0.231. The van der Waals surface area contributed by atoms with Crippen molar-refractivity contribution in [2.75, 3.05) is 0 Å². The first-order valence-electron chi connectivity index (χ1n) is 13.4. The third-order valence-electron chi connectivity index (χ3n) is 7.73. The Hall–Kier alpha value is -4.06. The van der Waals surface area contributed by atoms with Crippen LogP contribution in [0.15, 0.2) is 115 Å². The second-order valence-electron chi connectivity index (χ2n) is 11.0. The Kier molecular flexibility index (Phi) is 6.42. The molecule has 0 aliphatic carbocycles. The summed E-state index contributed by atoms with van der Waals surface area (Å²) in [5, 5.41) is 0. The van der Waals surface area contributed by atoms with E-state index in [2.05, 4.69) is 94.4 Å². The van der Waals surface area contributed by atoms with Gasteiger partial charge < -0.3 is 9.31 Å². The van der Waals surface area contributed by atoms with Gasteiger partial charge in [0.25, 0.3) is 0 Å². The van der Waals surface area contributed by atoms with Crippen LogP contribution in [-0.2, 0) is 9.31 Å². The molecule has 6 rings (SSSR count). The molecule has 0 N–H and O–H groups in total. The van der Waals surface area contributed by atoms with Gasteiger partial charge in [-0.05, 0) is 56.4 Å². The summed E-state index contributed by atoms with van der Waals surface area (Å²) < 4.78 is 12.6. The Morgan fingerprint density at radius 2 is 0.974 bits per heavy atom. The van der Waals surface area contributed by atoms with E-state index in [9.17, 15) is 0 Å². The molecule has 4 aromatic carbocycles. The highest BCUT2D eigenvalue weighted by molar-refractivity contribution is 6.62. The molecular weight excluding hydrogens is 479 g/mol. The summed E-state index contributed by atoms with van der Waals surface area (Å²) in [6.07, 6.45) is 0. The summed E-state index contributed by atoms with van der Waals surface area (Å²) in [5.41, 5.74) is 7.31. The van der Waals surface area contributed by atoms with Gasteiger partial charge in [0.15, 0.2) is 5.82 Å². The molecule has 1 aliphatic rings. The smallest absolute Gasteiger partial charge is 0.399 e. The summed E-state index contributed by atoms with van der Waals surface area (Å²) in [7, 11) is -0.401. The predicted octanol–water partition coefficient (Wildman–Crippen LogP) is 7.44. The van der Waals surface area contributed by atoms with Crippen LogP contribution in [0.5, 0.6) is 0 Å². The highest BCUT2D eigenvalue weighted by atomic mass is 16.7. The molecule has 0 amide bonds. The van der Waals surface area contributed by atoms with Crippen LogP contribution in [-0.4, -0.2) is 28.3 Å². The van der Waals surface area contributed by atoms with E-state index in [1.54, 1.807) is 0 Å². The van der Waals surface area contributed by atoms with Crippen molar-refractivity contribution in [1.29, 1.82) is 0 Å². The summed E-state index contributed by atoms with van der Waals surface area (Å²) in [4.78, 5) is 9.92. The minimum atomic E-state index is -0.401. The number of benzene rings is 4. The van der Waals surface area contributed by atoms with Gasteiger partial charge in [-0.25, -0.2) is 9.97 Å². The van der Waals surface area contributed by atoms with Crippen LogP contribution >= 0.6 is 0 Å². The molecule has 5 heteroatoms. The Bertz CT molecular complexity index is 1540. The first kappa shape index (κ1) is 25.2. The number of rotatable bonds is 5. The van der Waals surface area contributed by atoms with Gasteiger partial charge in [0.05, 0.1) is 22.6 Å². The minimum Gasteiger partial charge on any atom is -0.399 e. The maximum absolute atomic E-state index is 6.31. The molecule has 39 heavy (non-hydrogen) atoms. The number of hydrogen-bond donors (Lipinski definition) is 0. The molecule has 1 saturated heterocycles. The first-order valence-corrected chi connectivity index (χ1v) is 13.4. The van der Waals surface area contributed by atoms with Crippen LogP contribution in [0, 0.1) is 0 Å². The average Bonchev–Trinajstić information content (AvgIpc) is 3.20. The lowest BCUT2D eigenvalue weighted by Gasteiger charge is -2.32. The largest absolute Gasteiger partial charge is 0.494 e. The highest BCUT2D eigenvalue weighted by Crippen LogP contribution is 2.37. The van der Waals surface area contributed by atoms with Crippen molar-refractivity contribution in [3.05, 3.63) is 115 Å². The van der Waals surface area contributed by atoms with Crippen molar-refractivity contribution in [3.63, 3.8) is 0 Å². The van der Waals surface area contributed by atoms with E-state index in [-0.39, 0.29) is 11.2 Å². The van der Waals surface area contributed by atoms with E-state index in [0.717, 1.165) is 44.7 Å². The molecule has 0 atom stereocenters. The SMILES string of the molecule is CC1(C)OB(c2cccc(-c3cccc(-c4cc(-c5ccccc5)nc(-c5ccccc5)n4)c3)c2)OC1(C)C. The van der Waals surface area contributed by atoms with Crippen LogP contribution in [0.3, 0.4) is 0 Å². The van der Waals surface area contributed by atoms with E-state index in [1.807, 2.05) is 48.5 Å². The monoisotopic (exact) mass is 510 g/mol. The molecule has 0 spiro atoms. The maximum atomic E-state index is 6.31. The Morgan fingerprint density at radius 1 is 0.487 bits per heavy atom. The maximum Gasteiger partial charge on any atom is 0.494 e. The molecule has 2 heterocycles.